The number of fused-ring (bicyclic) bond motifs is 1. The first-order valence-corrected chi connectivity index (χ1v) is 5.80. The average Bonchev–Trinajstić information content (AvgIpc) is 2.27. The average molecular weight is 228 g/mol. The molecule has 0 atom stereocenters. The van der Waals surface area contributed by atoms with Gasteiger partial charge in [0.25, 0.3) is 0 Å². The lowest BCUT2D eigenvalue weighted by Crippen LogP contribution is -1.99. The van der Waals surface area contributed by atoms with Gasteiger partial charge in [0.1, 0.15) is 0 Å². The molecule has 0 fully saturated rings. The third-order valence-corrected chi connectivity index (χ3v) is 2.95. The summed E-state index contributed by atoms with van der Waals surface area (Å²) in [5.74, 6) is -0.277. The summed E-state index contributed by atoms with van der Waals surface area (Å²) in [6, 6.07) is 12.2. The largest absolute Gasteiger partial charge is 0.481 e. The van der Waals surface area contributed by atoms with Gasteiger partial charge < -0.3 is 5.11 Å². The van der Waals surface area contributed by atoms with Crippen molar-refractivity contribution in [2.45, 2.75) is 26.2 Å². The molecule has 2 heteroatoms. The Labute approximate surface area is 101 Å². The zero-order chi connectivity index (χ0) is 12.4. The summed E-state index contributed by atoms with van der Waals surface area (Å²) in [5, 5.41) is 11.0. The van der Waals surface area contributed by atoms with E-state index < -0.39 is 5.97 Å². The predicted molar refractivity (Wildman–Crippen MR) is 69.4 cm³/mol. The molecule has 88 valence electrons. The van der Waals surface area contributed by atoms with Crippen LogP contribution in [0.4, 0.5) is 0 Å². The number of benzene rings is 2. The summed E-state index contributed by atoms with van der Waals surface area (Å²) in [7, 11) is 0. The highest BCUT2D eigenvalue weighted by Gasteiger charge is 2.04. The van der Waals surface area contributed by atoms with Gasteiger partial charge in [0, 0.05) is 0 Å². The third-order valence-electron chi connectivity index (χ3n) is 2.95. The molecule has 0 saturated heterocycles. The number of carboxylic acid groups (broad SMARTS) is 1. The van der Waals surface area contributed by atoms with Crippen molar-refractivity contribution in [2.75, 3.05) is 0 Å². The Kier molecular flexibility index (Phi) is 3.14. The van der Waals surface area contributed by atoms with Crippen molar-refractivity contribution >= 4 is 16.7 Å². The summed E-state index contributed by atoms with van der Waals surface area (Å²) >= 11 is 0. The highest BCUT2D eigenvalue weighted by Crippen LogP contribution is 2.22. The van der Waals surface area contributed by atoms with Crippen LogP contribution in [0, 0.1) is 0 Å². The van der Waals surface area contributed by atoms with Crippen LogP contribution in [-0.2, 0) is 11.2 Å². The van der Waals surface area contributed by atoms with Crippen LogP contribution in [0.15, 0.2) is 36.4 Å². The molecule has 0 heterocycles. The zero-order valence-corrected chi connectivity index (χ0v) is 10.1. The molecule has 0 amide bonds. The maximum absolute atomic E-state index is 10.6. The summed E-state index contributed by atoms with van der Waals surface area (Å²) in [6.45, 7) is 4.33. The topological polar surface area (TPSA) is 37.3 Å². The Morgan fingerprint density at radius 1 is 1.12 bits per heavy atom. The first-order valence-electron chi connectivity index (χ1n) is 5.80. The highest BCUT2D eigenvalue weighted by atomic mass is 16.4. The van der Waals surface area contributed by atoms with E-state index in [4.69, 9.17) is 5.11 Å². The van der Waals surface area contributed by atoms with E-state index >= 15 is 0 Å². The Bertz CT molecular complexity index is 556. The fraction of sp³-hybridized carbons (Fsp3) is 0.267. The van der Waals surface area contributed by atoms with Crippen LogP contribution >= 0.6 is 0 Å². The molecule has 2 aromatic rings. The SMILES string of the molecule is CC(C)c1ccc2cc(CC(=O)O)ccc2c1. The monoisotopic (exact) mass is 228 g/mol. The molecule has 2 rings (SSSR count). The van der Waals surface area contributed by atoms with Gasteiger partial charge in [-0.3, -0.25) is 4.79 Å². The van der Waals surface area contributed by atoms with Gasteiger partial charge in [-0.15, -0.1) is 0 Å². The van der Waals surface area contributed by atoms with Crippen LogP contribution in [0.5, 0.6) is 0 Å². The second-order valence-electron chi connectivity index (χ2n) is 4.67. The number of hydrogen-bond donors (Lipinski definition) is 1. The lowest BCUT2D eigenvalue weighted by molar-refractivity contribution is -0.136. The summed E-state index contributed by atoms with van der Waals surface area (Å²) in [6.07, 6.45) is 0.0852. The lowest BCUT2D eigenvalue weighted by Gasteiger charge is -2.07. The first-order chi connectivity index (χ1) is 8.06. The van der Waals surface area contributed by atoms with Crippen molar-refractivity contribution in [3.63, 3.8) is 0 Å². The summed E-state index contributed by atoms with van der Waals surface area (Å²) in [5.41, 5.74) is 2.16. The lowest BCUT2D eigenvalue weighted by atomic mass is 9.98. The van der Waals surface area contributed by atoms with Crippen molar-refractivity contribution in [2.24, 2.45) is 0 Å². The van der Waals surface area contributed by atoms with E-state index in [1.807, 2.05) is 18.2 Å². The van der Waals surface area contributed by atoms with Crippen LogP contribution in [0.2, 0.25) is 0 Å². The van der Waals surface area contributed by atoms with Crippen LogP contribution in [0.3, 0.4) is 0 Å². The molecule has 0 aliphatic rings. The van der Waals surface area contributed by atoms with E-state index in [9.17, 15) is 4.79 Å². The van der Waals surface area contributed by atoms with Gasteiger partial charge in [0.15, 0.2) is 0 Å². The minimum Gasteiger partial charge on any atom is -0.481 e. The number of hydrogen-bond acceptors (Lipinski definition) is 1. The fourth-order valence-corrected chi connectivity index (χ4v) is 1.96. The molecule has 0 spiro atoms. The minimum absolute atomic E-state index is 0.0852. The third kappa shape index (κ3) is 2.64. The highest BCUT2D eigenvalue weighted by molar-refractivity contribution is 5.85. The predicted octanol–water partition coefficient (Wildman–Crippen LogP) is 3.59. The van der Waals surface area contributed by atoms with E-state index in [0.717, 1.165) is 10.9 Å². The van der Waals surface area contributed by atoms with Crippen molar-refractivity contribution in [1.82, 2.24) is 0 Å². The van der Waals surface area contributed by atoms with Gasteiger partial charge in [0.05, 0.1) is 6.42 Å². The summed E-state index contributed by atoms with van der Waals surface area (Å²) < 4.78 is 0. The maximum atomic E-state index is 10.6. The van der Waals surface area contributed by atoms with Crippen molar-refractivity contribution in [3.05, 3.63) is 47.5 Å². The Hall–Kier alpha value is -1.83. The molecule has 0 radical (unpaired) electrons. The van der Waals surface area contributed by atoms with E-state index in [2.05, 4.69) is 32.0 Å². The van der Waals surface area contributed by atoms with Gasteiger partial charge >= 0.3 is 5.97 Å². The standard InChI is InChI=1S/C15H16O2/c1-10(2)12-5-6-13-7-11(8-15(16)17)3-4-14(13)9-12/h3-7,9-10H,8H2,1-2H3,(H,16,17). The Balaban J connectivity index is 2.43. The zero-order valence-electron chi connectivity index (χ0n) is 10.1. The van der Waals surface area contributed by atoms with Crippen LogP contribution < -0.4 is 0 Å². The van der Waals surface area contributed by atoms with Crippen LogP contribution in [-0.4, -0.2) is 11.1 Å². The van der Waals surface area contributed by atoms with Crippen LogP contribution in [0.1, 0.15) is 30.9 Å². The minimum atomic E-state index is -0.789. The van der Waals surface area contributed by atoms with Gasteiger partial charge in [0.2, 0.25) is 0 Å². The smallest absolute Gasteiger partial charge is 0.307 e. The number of rotatable bonds is 3. The van der Waals surface area contributed by atoms with E-state index in [-0.39, 0.29) is 6.42 Å². The second-order valence-corrected chi connectivity index (χ2v) is 4.67. The summed E-state index contributed by atoms with van der Waals surface area (Å²) in [4.78, 5) is 10.6. The molecule has 2 nitrogen and oxygen atoms in total. The molecule has 0 unspecified atom stereocenters. The van der Waals surface area contributed by atoms with E-state index in [1.165, 1.54) is 10.9 Å². The fourth-order valence-electron chi connectivity index (χ4n) is 1.96. The van der Waals surface area contributed by atoms with E-state index in [1.54, 1.807) is 0 Å². The van der Waals surface area contributed by atoms with Gasteiger partial charge in [-0.1, -0.05) is 50.2 Å². The molecular weight excluding hydrogens is 212 g/mol. The molecule has 0 aliphatic carbocycles. The van der Waals surface area contributed by atoms with Gasteiger partial charge in [-0.2, -0.15) is 0 Å². The molecule has 17 heavy (non-hydrogen) atoms. The molecular formula is C15H16O2. The van der Waals surface area contributed by atoms with Gasteiger partial charge in [-0.05, 0) is 27.8 Å². The number of carbonyl (C=O) groups is 1. The molecule has 2 aromatic carbocycles. The maximum Gasteiger partial charge on any atom is 0.307 e. The molecule has 1 N–H and O–H groups in total. The molecule has 0 saturated carbocycles. The molecule has 0 aromatic heterocycles. The van der Waals surface area contributed by atoms with Crippen molar-refractivity contribution < 1.29 is 9.90 Å². The number of carboxylic acids is 1. The Morgan fingerprint density at radius 3 is 2.41 bits per heavy atom. The van der Waals surface area contributed by atoms with Crippen molar-refractivity contribution in [1.29, 1.82) is 0 Å². The molecule has 0 aliphatic heterocycles. The first kappa shape index (κ1) is 11.6. The quantitative estimate of drug-likeness (QED) is 0.871. The molecule has 0 bridgehead atoms. The number of aliphatic carboxylic acids is 1. The van der Waals surface area contributed by atoms with E-state index in [0.29, 0.717) is 5.92 Å². The van der Waals surface area contributed by atoms with Gasteiger partial charge in [-0.25, -0.2) is 0 Å². The van der Waals surface area contributed by atoms with Crippen LogP contribution in [0.25, 0.3) is 10.8 Å². The second kappa shape index (κ2) is 4.58. The van der Waals surface area contributed by atoms with Crippen molar-refractivity contribution in [3.8, 4) is 0 Å². The Morgan fingerprint density at radius 2 is 1.76 bits per heavy atom. The normalized spacial score (nSPS) is 11.0.